The fourth-order valence-electron chi connectivity index (χ4n) is 3.08. The smallest absolute Gasteiger partial charge is 0.351 e. The second kappa shape index (κ2) is 7.90. The molecule has 0 radical (unpaired) electrons. The third-order valence-electron chi connectivity index (χ3n) is 4.44. The van der Waals surface area contributed by atoms with Gasteiger partial charge in [-0.1, -0.05) is 5.16 Å². The Bertz CT molecular complexity index is 1040. The molecule has 0 aromatic carbocycles. The van der Waals surface area contributed by atoms with Crippen molar-refractivity contribution in [2.75, 3.05) is 19.3 Å². The van der Waals surface area contributed by atoms with Crippen LogP contribution >= 0.6 is 11.3 Å². The lowest BCUT2D eigenvalue weighted by Gasteiger charge is -2.30. The third kappa shape index (κ3) is 5.04. The van der Waals surface area contributed by atoms with Gasteiger partial charge < -0.3 is 9.42 Å². The Kier molecular flexibility index (Phi) is 5.86. The summed E-state index contributed by atoms with van der Waals surface area (Å²) in [5.74, 6) is -1.59. The van der Waals surface area contributed by atoms with Crippen LogP contribution in [0.2, 0.25) is 0 Å². The fourth-order valence-corrected chi connectivity index (χ4v) is 4.48. The largest absolute Gasteiger partial charge is 0.452 e. The molecule has 3 heterocycles. The number of alkyl halides is 3. The second-order valence-corrected chi connectivity index (χ2v) is 9.55. The van der Waals surface area contributed by atoms with E-state index >= 15 is 0 Å². The number of sulfonamides is 1. The summed E-state index contributed by atoms with van der Waals surface area (Å²) in [6, 6.07) is 3.08. The van der Waals surface area contributed by atoms with Crippen LogP contribution in [-0.2, 0) is 16.2 Å². The Balaban J connectivity index is 1.76. The number of hydrogen-bond donors (Lipinski definition) is 0. The van der Waals surface area contributed by atoms with Gasteiger partial charge in [-0.25, -0.2) is 8.42 Å². The van der Waals surface area contributed by atoms with Crippen LogP contribution in [0.4, 0.5) is 13.2 Å². The zero-order chi connectivity index (χ0) is 21.4. The van der Waals surface area contributed by atoms with Gasteiger partial charge in [0, 0.05) is 30.8 Å². The summed E-state index contributed by atoms with van der Waals surface area (Å²) in [5, 5.41) is 3.51. The molecule has 1 atom stereocenters. The number of amides is 1. The van der Waals surface area contributed by atoms with Crippen LogP contribution in [0, 0.1) is 12.8 Å². The number of hydrogen-bond acceptors (Lipinski definition) is 6. The zero-order valence-electron chi connectivity index (χ0n) is 15.6. The van der Waals surface area contributed by atoms with Gasteiger partial charge in [0.2, 0.25) is 15.8 Å². The van der Waals surface area contributed by atoms with Crippen molar-refractivity contribution in [3.63, 3.8) is 0 Å². The summed E-state index contributed by atoms with van der Waals surface area (Å²) in [6.07, 6.45) is -0.870. The van der Waals surface area contributed by atoms with E-state index < -0.39 is 22.0 Å². The van der Waals surface area contributed by atoms with Crippen LogP contribution in [0.5, 0.6) is 0 Å². The molecule has 2 aromatic heterocycles. The molecule has 12 heteroatoms. The van der Waals surface area contributed by atoms with E-state index in [0.717, 1.165) is 24.0 Å². The van der Waals surface area contributed by atoms with Crippen molar-refractivity contribution in [2.24, 2.45) is 10.3 Å². The van der Waals surface area contributed by atoms with Crippen molar-refractivity contribution in [3.05, 3.63) is 28.3 Å². The lowest BCUT2D eigenvalue weighted by atomic mass is 9.99. The number of aromatic nitrogens is 1. The molecular weight excluding hydrogens is 431 g/mol. The molecule has 3 rings (SSSR count). The van der Waals surface area contributed by atoms with Crippen LogP contribution in [-0.4, -0.2) is 49.9 Å². The lowest BCUT2D eigenvalue weighted by Crippen LogP contribution is -2.40. The highest BCUT2D eigenvalue weighted by Gasteiger charge is 2.39. The molecule has 1 fully saturated rings. The molecule has 2 aromatic rings. The van der Waals surface area contributed by atoms with Gasteiger partial charge in [0.25, 0.3) is 5.91 Å². The molecule has 29 heavy (non-hydrogen) atoms. The monoisotopic (exact) mass is 449 g/mol. The number of rotatable bonds is 4. The van der Waals surface area contributed by atoms with Crippen molar-refractivity contribution < 1.29 is 30.9 Å². The van der Waals surface area contributed by atoms with Crippen molar-refractivity contribution in [1.82, 2.24) is 10.1 Å². The van der Waals surface area contributed by atoms with Gasteiger partial charge in [-0.15, -0.1) is 11.3 Å². The average Bonchev–Trinajstić information content (AvgIpc) is 3.25. The standard InChI is InChI=1S/C17H18F3N3O4S2/c1-10-14(22-27-15(10)17(18,19)20)12-5-6-13(28-12)16(24)23-7-3-4-11(9-23)8-21-29(2,25)26/h5-6,8,11H,3-4,7,9H2,1-2H3. The molecule has 0 N–H and O–H groups in total. The van der Waals surface area contributed by atoms with E-state index in [9.17, 15) is 26.4 Å². The Morgan fingerprint density at radius 2 is 2.14 bits per heavy atom. The van der Waals surface area contributed by atoms with Gasteiger partial charge in [-0.2, -0.15) is 17.6 Å². The van der Waals surface area contributed by atoms with Gasteiger partial charge >= 0.3 is 6.18 Å². The van der Waals surface area contributed by atoms with Crippen molar-refractivity contribution in [2.45, 2.75) is 25.9 Å². The summed E-state index contributed by atoms with van der Waals surface area (Å²) >= 11 is 1.03. The molecule has 1 aliphatic heterocycles. The number of carbonyl (C=O) groups excluding carboxylic acids is 1. The van der Waals surface area contributed by atoms with Gasteiger partial charge in [-0.05, 0) is 31.9 Å². The zero-order valence-corrected chi connectivity index (χ0v) is 17.2. The summed E-state index contributed by atoms with van der Waals surface area (Å²) in [7, 11) is -3.48. The van der Waals surface area contributed by atoms with Crippen LogP contribution in [0.1, 0.15) is 33.8 Å². The molecule has 1 saturated heterocycles. The quantitative estimate of drug-likeness (QED) is 0.665. The highest BCUT2D eigenvalue weighted by Crippen LogP contribution is 2.38. The Morgan fingerprint density at radius 1 is 1.41 bits per heavy atom. The SMILES string of the molecule is Cc1c(-c2ccc(C(=O)N3CCCC(C=NS(C)(=O)=O)C3)s2)noc1C(F)(F)F. The second-order valence-electron chi connectivity index (χ2n) is 6.79. The molecule has 0 bridgehead atoms. The Morgan fingerprint density at radius 3 is 2.76 bits per heavy atom. The normalized spacial score (nSPS) is 18.5. The molecule has 7 nitrogen and oxygen atoms in total. The predicted molar refractivity (Wildman–Crippen MR) is 102 cm³/mol. The summed E-state index contributed by atoms with van der Waals surface area (Å²) < 4.78 is 69.0. The van der Waals surface area contributed by atoms with E-state index in [2.05, 4.69) is 14.1 Å². The maximum Gasteiger partial charge on any atom is 0.452 e. The molecule has 0 saturated carbocycles. The summed E-state index contributed by atoms with van der Waals surface area (Å²) in [4.78, 5) is 15.1. The highest BCUT2D eigenvalue weighted by atomic mass is 32.2. The van der Waals surface area contributed by atoms with Crippen LogP contribution in [0.25, 0.3) is 10.6 Å². The molecule has 0 spiro atoms. The highest BCUT2D eigenvalue weighted by molar-refractivity contribution is 7.89. The van der Waals surface area contributed by atoms with E-state index in [-0.39, 0.29) is 23.1 Å². The molecular formula is C17H18F3N3O4S2. The summed E-state index contributed by atoms with van der Waals surface area (Å²) in [5.41, 5.74) is -0.0773. The molecule has 158 valence electrons. The van der Waals surface area contributed by atoms with E-state index in [1.807, 2.05) is 0 Å². The van der Waals surface area contributed by atoms with Crippen molar-refractivity contribution in [3.8, 4) is 10.6 Å². The van der Waals surface area contributed by atoms with E-state index in [0.29, 0.717) is 29.3 Å². The maximum absolute atomic E-state index is 12.9. The lowest BCUT2D eigenvalue weighted by molar-refractivity contribution is -0.156. The number of carbonyl (C=O) groups is 1. The first-order chi connectivity index (χ1) is 13.5. The first-order valence-corrected chi connectivity index (χ1v) is 11.3. The number of halogens is 3. The van der Waals surface area contributed by atoms with Crippen molar-refractivity contribution >= 4 is 33.5 Å². The third-order valence-corrected chi connectivity index (χ3v) is 6.02. The molecule has 0 aliphatic carbocycles. The number of nitrogens with zero attached hydrogens (tertiary/aromatic N) is 3. The minimum Gasteiger partial charge on any atom is -0.351 e. The average molecular weight is 449 g/mol. The maximum atomic E-state index is 12.9. The number of thiophene rings is 1. The van der Waals surface area contributed by atoms with Gasteiger partial charge in [0.15, 0.2) is 0 Å². The summed E-state index contributed by atoms with van der Waals surface area (Å²) in [6.45, 7) is 2.11. The number of piperidine rings is 1. The fraction of sp³-hybridized carbons (Fsp3) is 0.471. The predicted octanol–water partition coefficient (Wildman–Crippen LogP) is 3.61. The van der Waals surface area contributed by atoms with Gasteiger partial charge in [0.1, 0.15) is 5.69 Å². The van der Waals surface area contributed by atoms with Crippen LogP contribution < -0.4 is 0 Å². The van der Waals surface area contributed by atoms with Crippen LogP contribution in [0.3, 0.4) is 0 Å². The minimum atomic E-state index is -4.64. The van der Waals surface area contributed by atoms with E-state index in [1.54, 1.807) is 4.90 Å². The van der Waals surface area contributed by atoms with Crippen molar-refractivity contribution in [1.29, 1.82) is 0 Å². The molecule has 1 aliphatic rings. The first kappa shape index (κ1) is 21.5. The molecule has 1 unspecified atom stereocenters. The Hall–Kier alpha value is -2.21. The first-order valence-electron chi connectivity index (χ1n) is 8.64. The Labute approximate surface area is 169 Å². The van der Waals surface area contributed by atoms with E-state index in [4.69, 9.17) is 0 Å². The minimum absolute atomic E-state index is 0.0539. The molecule has 1 amide bonds. The number of likely N-dealkylation sites (tertiary alicyclic amines) is 1. The van der Waals surface area contributed by atoms with Gasteiger partial charge in [-0.3, -0.25) is 4.79 Å². The van der Waals surface area contributed by atoms with Gasteiger partial charge in [0.05, 0.1) is 16.0 Å². The van der Waals surface area contributed by atoms with E-state index in [1.165, 1.54) is 25.3 Å². The van der Waals surface area contributed by atoms with Crippen LogP contribution in [0.15, 0.2) is 21.1 Å². The topological polar surface area (TPSA) is 92.8 Å².